The first-order chi connectivity index (χ1) is 4.86. The molecule has 0 N–H and O–H groups in total. The number of rotatable bonds is 2. The molecule has 3 heteroatoms. The van der Waals surface area contributed by atoms with Crippen LogP contribution in [0.1, 0.15) is 34.6 Å². The Morgan fingerprint density at radius 1 is 1.18 bits per heavy atom. The van der Waals surface area contributed by atoms with E-state index in [1.807, 2.05) is 27.7 Å². The number of hydrogen-bond acceptors (Lipinski definition) is 3. The van der Waals surface area contributed by atoms with E-state index in [1.165, 1.54) is 0 Å². The van der Waals surface area contributed by atoms with E-state index in [0.717, 1.165) is 6.92 Å². The Kier molecular flexibility index (Phi) is 8.94. The predicted octanol–water partition coefficient (Wildman–Crippen LogP) is 0.576. The van der Waals surface area contributed by atoms with Gasteiger partial charge in [-0.25, -0.2) is 0 Å². The van der Waals surface area contributed by atoms with Crippen LogP contribution in [0.15, 0.2) is 0 Å². The number of carbonyl (C=O) groups is 1. The molecular weight excluding hydrogens is 144 g/mol. The zero-order valence-electron chi connectivity index (χ0n) is 7.88. The molecule has 0 atom stereocenters. The highest BCUT2D eigenvalue weighted by Gasteiger charge is 1.94. The largest absolute Gasteiger partial charge is 0.550 e. The minimum Gasteiger partial charge on any atom is -0.550 e. The monoisotopic (exact) mass is 161 g/mol. The van der Waals surface area contributed by atoms with Crippen LogP contribution in [0, 0.1) is 0 Å². The molecule has 0 saturated heterocycles. The van der Waals surface area contributed by atoms with Crippen molar-refractivity contribution in [3.63, 3.8) is 0 Å². The molecular formula is C8H17O3-. The average Bonchev–Trinajstić information content (AvgIpc) is 1.56. The Labute approximate surface area is 68.4 Å². The van der Waals surface area contributed by atoms with Gasteiger partial charge in [-0.3, -0.25) is 0 Å². The van der Waals surface area contributed by atoms with E-state index >= 15 is 0 Å². The highest BCUT2D eigenvalue weighted by Crippen LogP contribution is 1.93. The SMILES string of the molecule is CC(=O)[O-].CC(C)OC(C)C. The molecule has 3 nitrogen and oxygen atoms in total. The molecule has 0 rings (SSSR count). The van der Waals surface area contributed by atoms with Crippen LogP contribution in [0.25, 0.3) is 0 Å². The Hall–Kier alpha value is -0.570. The molecule has 0 unspecified atom stereocenters. The van der Waals surface area contributed by atoms with Crippen molar-refractivity contribution in [3.8, 4) is 0 Å². The van der Waals surface area contributed by atoms with E-state index in [4.69, 9.17) is 14.6 Å². The summed E-state index contributed by atoms with van der Waals surface area (Å²) >= 11 is 0. The zero-order valence-corrected chi connectivity index (χ0v) is 7.88. The van der Waals surface area contributed by atoms with Crippen molar-refractivity contribution in [2.75, 3.05) is 0 Å². The lowest BCUT2D eigenvalue weighted by atomic mass is 10.4. The zero-order chi connectivity index (χ0) is 9.44. The first-order valence-corrected chi connectivity index (χ1v) is 3.69. The maximum atomic E-state index is 8.89. The quantitative estimate of drug-likeness (QED) is 0.595. The summed E-state index contributed by atoms with van der Waals surface area (Å²) in [6, 6.07) is 0. The molecule has 0 heterocycles. The first kappa shape index (κ1) is 13.1. The van der Waals surface area contributed by atoms with E-state index < -0.39 is 5.97 Å². The van der Waals surface area contributed by atoms with Crippen LogP contribution in [-0.4, -0.2) is 18.2 Å². The molecule has 0 saturated carbocycles. The summed E-state index contributed by atoms with van der Waals surface area (Å²) in [4.78, 5) is 8.89. The Morgan fingerprint density at radius 3 is 1.36 bits per heavy atom. The Morgan fingerprint density at radius 2 is 1.36 bits per heavy atom. The van der Waals surface area contributed by atoms with E-state index in [9.17, 15) is 0 Å². The molecule has 0 radical (unpaired) electrons. The minimum atomic E-state index is -1.08. The van der Waals surface area contributed by atoms with Gasteiger partial charge in [-0.1, -0.05) is 0 Å². The van der Waals surface area contributed by atoms with Crippen LogP contribution in [0.3, 0.4) is 0 Å². The molecule has 0 aromatic heterocycles. The standard InChI is InChI=1S/C6H14O.C2H4O2/c1-5(2)7-6(3)4;1-2(3)4/h5-6H,1-4H3;1H3,(H,3,4)/p-1. The molecule has 0 amide bonds. The molecule has 0 aliphatic rings. The van der Waals surface area contributed by atoms with Crippen LogP contribution >= 0.6 is 0 Å². The van der Waals surface area contributed by atoms with Gasteiger partial charge in [0.2, 0.25) is 0 Å². The molecule has 0 aliphatic heterocycles. The first-order valence-electron chi connectivity index (χ1n) is 3.69. The maximum Gasteiger partial charge on any atom is 0.0522 e. The second-order valence-electron chi connectivity index (χ2n) is 2.73. The second-order valence-corrected chi connectivity index (χ2v) is 2.73. The number of carbonyl (C=O) groups excluding carboxylic acids is 1. The van der Waals surface area contributed by atoms with E-state index in [-0.39, 0.29) is 0 Å². The van der Waals surface area contributed by atoms with Crippen LogP contribution in [-0.2, 0) is 9.53 Å². The third kappa shape index (κ3) is 44.2. The lowest BCUT2D eigenvalue weighted by Crippen LogP contribution is -2.16. The highest BCUT2D eigenvalue weighted by molar-refractivity contribution is 5.60. The van der Waals surface area contributed by atoms with Crippen molar-refractivity contribution in [2.24, 2.45) is 0 Å². The third-order valence-electron chi connectivity index (χ3n) is 0.544. The van der Waals surface area contributed by atoms with Gasteiger partial charge in [0.25, 0.3) is 0 Å². The number of aliphatic carboxylic acids is 1. The van der Waals surface area contributed by atoms with Gasteiger partial charge in [0.05, 0.1) is 12.2 Å². The van der Waals surface area contributed by atoms with Crippen molar-refractivity contribution < 1.29 is 14.6 Å². The summed E-state index contributed by atoms with van der Waals surface area (Å²) in [7, 11) is 0. The summed E-state index contributed by atoms with van der Waals surface area (Å²) in [6.07, 6.45) is 0.750. The summed E-state index contributed by atoms with van der Waals surface area (Å²) < 4.78 is 5.25. The van der Waals surface area contributed by atoms with Crippen molar-refractivity contribution in [1.82, 2.24) is 0 Å². The van der Waals surface area contributed by atoms with Gasteiger partial charge in [-0.15, -0.1) is 0 Å². The fraction of sp³-hybridized carbons (Fsp3) is 0.875. The fourth-order valence-corrected chi connectivity index (χ4v) is 0.544. The lowest BCUT2D eigenvalue weighted by Gasteiger charge is -2.09. The van der Waals surface area contributed by atoms with Gasteiger partial charge >= 0.3 is 0 Å². The van der Waals surface area contributed by atoms with Gasteiger partial charge in [0.1, 0.15) is 0 Å². The van der Waals surface area contributed by atoms with E-state index in [0.29, 0.717) is 12.2 Å². The van der Waals surface area contributed by atoms with Gasteiger partial charge in [-0.2, -0.15) is 0 Å². The molecule has 0 aliphatic carbocycles. The molecule has 0 aromatic carbocycles. The average molecular weight is 161 g/mol. The molecule has 11 heavy (non-hydrogen) atoms. The van der Waals surface area contributed by atoms with Crippen molar-refractivity contribution in [3.05, 3.63) is 0 Å². The third-order valence-corrected chi connectivity index (χ3v) is 0.544. The minimum absolute atomic E-state index is 0.375. The topological polar surface area (TPSA) is 49.4 Å². The van der Waals surface area contributed by atoms with Crippen molar-refractivity contribution in [2.45, 2.75) is 46.8 Å². The molecule has 0 fully saturated rings. The smallest absolute Gasteiger partial charge is 0.0522 e. The molecule has 68 valence electrons. The fourth-order valence-electron chi connectivity index (χ4n) is 0.544. The van der Waals surface area contributed by atoms with Crippen molar-refractivity contribution >= 4 is 5.97 Å². The summed E-state index contributed by atoms with van der Waals surface area (Å²) in [5.74, 6) is -1.08. The van der Waals surface area contributed by atoms with Crippen molar-refractivity contribution in [1.29, 1.82) is 0 Å². The van der Waals surface area contributed by atoms with Gasteiger partial charge in [0.15, 0.2) is 0 Å². The number of carboxylic acids is 1. The van der Waals surface area contributed by atoms with Crippen LogP contribution in [0.2, 0.25) is 0 Å². The number of hydrogen-bond donors (Lipinski definition) is 0. The predicted molar refractivity (Wildman–Crippen MR) is 42.0 cm³/mol. The number of carboxylic acid groups (broad SMARTS) is 1. The van der Waals surface area contributed by atoms with Gasteiger partial charge in [-0.05, 0) is 34.6 Å². The molecule has 0 bridgehead atoms. The van der Waals surface area contributed by atoms with Crippen LogP contribution in [0.5, 0.6) is 0 Å². The second kappa shape index (κ2) is 7.54. The van der Waals surface area contributed by atoms with Gasteiger partial charge in [0, 0.05) is 5.97 Å². The summed E-state index contributed by atoms with van der Waals surface area (Å²) in [5.41, 5.74) is 0. The van der Waals surface area contributed by atoms with Crippen LogP contribution in [0.4, 0.5) is 0 Å². The summed E-state index contributed by atoms with van der Waals surface area (Å²) in [6.45, 7) is 9.14. The highest BCUT2D eigenvalue weighted by atomic mass is 16.5. The number of ether oxygens (including phenoxy) is 1. The van der Waals surface area contributed by atoms with Crippen LogP contribution < -0.4 is 5.11 Å². The van der Waals surface area contributed by atoms with E-state index in [2.05, 4.69) is 0 Å². The van der Waals surface area contributed by atoms with Gasteiger partial charge < -0.3 is 14.6 Å². The Balaban J connectivity index is 0. The lowest BCUT2D eigenvalue weighted by molar-refractivity contribution is -0.302. The summed E-state index contributed by atoms with van der Waals surface area (Å²) in [5, 5.41) is 8.89. The van der Waals surface area contributed by atoms with E-state index in [1.54, 1.807) is 0 Å². The molecule has 0 spiro atoms. The molecule has 0 aromatic rings. The normalized spacial score (nSPS) is 9.36. The Bertz CT molecular complexity index is 87.5. The maximum absolute atomic E-state index is 8.89.